The second kappa shape index (κ2) is 20.9. The minimum absolute atomic E-state index is 0. The molecular weight excluding hydrogens is 823 g/mol. The SMILES string of the molecule is CC(C)(C)c1cc2c([c-]c1-c1ccccc1)Cc1cc(-c3ccccc3)c(C(C)(C)C)cc1-2.CC([C](=[Zr+2])C(C)c1ccccc1)c1ccccc1.[C-]1=CC=CC1.[Cl-].[Cl-]. The summed E-state index contributed by atoms with van der Waals surface area (Å²) in [6.45, 7) is 18.5. The van der Waals surface area contributed by atoms with E-state index in [-0.39, 0.29) is 35.6 Å². The fourth-order valence-electron chi connectivity index (χ4n) is 7.66. The third kappa shape index (κ3) is 11.4. The predicted molar refractivity (Wildman–Crippen MR) is 238 cm³/mol. The first kappa shape index (κ1) is 46.8. The van der Waals surface area contributed by atoms with Gasteiger partial charge in [-0.15, -0.1) is 35.2 Å². The molecule has 0 aliphatic heterocycles. The Balaban J connectivity index is 0.000000250. The minimum atomic E-state index is 0. The Labute approximate surface area is 377 Å². The van der Waals surface area contributed by atoms with E-state index in [9.17, 15) is 0 Å². The molecule has 0 spiro atoms. The zero-order valence-corrected chi connectivity index (χ0v) is 39.3. The molecular formula is C55H56Cl2Zr-2. The van der Waals surface area contributed by atoms with Gasteiger partial charge in [0.05, 0.1) is 0 Å². The molecule has 0 amide bonds. The number of hydrogen-bond donors (Lipinski definition) is 0. The van der Waals surface area contributed by atoms with Crippen LogP contribution < -0.4 is 24.8 Å². The zero-order chi connectivity index (χ0) is 39.9. The Kier molecular flexibility index (Phi) is 16.9. The van der Waals surface area contributed by atoms with Crippen LogP contribution in [0.4, 0.5) is 0 Å². The first-order chi connectivity index (χ1) is 26.8. The normalized spacial score (nSPS) is 13.3. The molecule has 6 aromatic carbocycles. The monoisotopic (exact) mass is 876 g/mol. The van der Waals surface area contributed by atoms with Gasteiger partial charge in [-0.25, -0.2) is 12.2 Å². The molecule has 0 fully saturated rings. The van der Waals surface area contributed by atoms with Crippen molar-refractivity contribution >= 4 is 3.21 Å². The molecule has 2 aliphatic carbocycles. The van der Waals surface area contributed by atoms with Crippen molar-refractivity contribution in [2.24, 2.45) is 0 Å². The van der Waals surface area contributed by atoms with Crippen LogP contribution in [-0.2, 0) is 41.5 Å². The fourth-order valence-corrected chi connectivity index (χ4v) is 8.48. The molecule has 0 saturated carbocycles. The van der Waals surface area contributed by atoms with E-state index in [0.29, 0.717) is 11.8 Å². The topological polar surface area (TPSA) is 0 Å². The number of hydrogen-bond acceptors (Lipinski definition) is 0. The summed E-state index contributed by atoms with van der Waals surface area (Å²) >= 11 is 1.54. The maximum Gasteiger partial charge on any atom is -0.109 e. The van der Waals surface area contributed by atoms with Crippen molar-refractivity contribution in [2.45, 2.75) is 90.9 Å². The summed E-state index contributed by atoms with van der Waals surface area (Å²) in [6, 6.07) is 54.4. The van der Waals surface area contributed by atoms with Crippen LogP contribution in [0.5, 0.6) is 0 Å². The van der Waals surface area contributed by atoms with Crippen molar-refractivity contribution < 1.29 is 49.0 Å². The van der Waals surface area contributed by atoms with Gasteiger partial charge < -0.3 is 24.8 Å². The number of allylic oxidation sites excluding steroid dienone is 4. The Morgan fingerprint density at radius 3 is 1.47 bits per heavy atom. The molecule has 0 heterocycles. The molecule has 2 aliphatic rings. The summed E-state index contributed by atoms with van der Waals surface area (Å²) in [6.07, 6.45) is 10.9. The largest absolute Gasteiger partial charge is 1.00 e. The van der Waals surface area contributed by atoms with E-state index in [1.165, 1.54) is 66.8 Å². The zero-order valence-electron chi connectivity index (χ0n) is 35.3. The van der Waals surface area contributed by atoms with Gasteiger partial charge in [-0.2, -0.15) is 6.08 Å². The van der Waals surface area contributed by atoms with Crippen LogP contribution in [0.25, 0.3) is 33.4 Å². The number of halogens is 2. The second-order valence-electron chi connectivity index (χ2n) is 17.1. The Morgan fingerprint density at radius 1 is 0.569 bits per heavy atom. The van der Waals surface area contributed by atoms with Gasteiger partial charge in [-0.1, -0.05) is 131 Å². The molecule has 3 heteroatoms. The van der Waals surface area contributed by atoms with Gasteiger partial charge in [0.25, 0.3) is 0 Å². The van der Waals surface area contributed by atoms with Crippen molar-refractivity contribution in [1.82, 2.24) is 0 Å². The standard InChI is InChI=1S/C33H33.C17H18.C5H5.2ClH.Zr/c1-32(2,3)30-20-26-24(18-28(30)22-13-9-7-10-14-22)17-25-19-29(23-15-11-8-12-16-23)31(21-27(25)26)33(4,5)6;1-14(16-9-5-3-6-10-16)13-15(2)17-11-7-4-8-12-17;1-2-4-5-3-1;;;/h7-16,18,20-21H,17H2,1-6H3;3-12,14-15H,1-2H3;1-3H,4H2;2*1H;/q-1;;-1;;;+2/p-2. The van der Waals surface area contributed by atoms with E-state index in [4.69, 9.17) is 0 Å². The van der Waals surface area contributed by atoms with Crippen molar-refractivity contribution in [1.29, 1.82) is 0 Å². The molecule has 0 radical (unpaired) electrons. The summed E-state index contributed by atoms with van der Waals surface area (Å²) in [5.41, 5.74) is 16.3. The van der Waals surface area contributed by atoms with Gasteiger partial charge in [-0.05, 0) is 39.5 Å². The maximum atomic E-state index is 3.88. The summed E-state index contributed by atoms with van der Waals surface area (Å²) in [5, 5.41) is 0. The molecule has 0 bridgehead atoms. The van der Waals surface area contributed by atoms with Crippen LogP contribution in [0.1, 0.15) is 107 Å². The smallest absolute Gasteiger partial charge is 0.109 e. The first-order valence-corrected chi connectivity index (χ1v) is 21.3. The Morgan fingerprint density at radius 2 is 1.03 bits per heavy atom. The molecule has 0 saturated heterocycles. The average molecular weight is 879 g/mol. The second-order valence-corrected chi connectivity index (χ2v) is 18.6. The van der Waals surface area contributed by atoms with Gasteiger partial charge in [0.2, 0.25) is 0 Å². The van der Waals surface area contributed by atoms with Crippen molar-refractivity contribution in [2.75, 3.05) is 0 Å². The quantitative estimate of drug-likeness (QED) is 0.147. The van der Waals surface area contributed by atoms with E-state index in [1.54, 1.807) is 27.4 Å². The number of fused-ring (bicyclic) bond motifs is 3. The predicted octanol–water partition coefficient (Wildman–Crippen LogP) is 8.61. The average Bonchev–Trinajstić information content (AvgIpc) is 3.92. The van der Waals surface area contributed by atoms with Gasteiger partial charge in [0, 0.05) is 0 Å². The van der Waals surface area contributed by atoms with Crippen LogP contribution in [0.15, 0.2) is 158 Å². The molecule has 6 aromatic rings. The summed E-state index contributed by atoms with van der Waals surface area (Å²) < 4.78 is 1.61. The van der Waals surface area contributed by atoms with Crippen LogP contribution in [0.2, 0.25) is 0 Å². The van der Waals surface area contributed by atoms with Gasteiger partial charge in [0.1, 0.15) is 0 Å². The van der Waals surface area contributed by atoms with E-state index in [2.05, 4.69) is 213 Å². The van der Waals surface area contributed by atoms with Crippen LogP contribution in [0.3, 0.4) is 0 Å². The van der Waals surface area contributed by atoms with E-state index < -0.39 is 0 Å². The van der Waals surface area contributed by atoms with Gasteiger partial charge in [-0.3, -0.25) is 6.08 Å². The van der Waals surface area contributed by atoms with Crippen LogP contribution in [0, 0.1) is 12.1 Å². The Bertz CT molecular complexity index is 2130. The first-order valence-electron chi connectivity index (χ1n) is 20.1. The minimum Gasteiger partial charge on any atom is -1.00 e. The summed E-state index contributed by atoms with van der Waals surface area (Å²) in [7, 11) is 0. The van der Waals surface area contributed by atoms with E-state index in [0.717, 1.165) is 12.8 Å². The molecule has 2 atom stereocenters. The van der Waals surface area contributed by atoms with E-state index in [1.807, 2.05) is 12.2 Å². The van der Waals surface area contributed by atoms with Crippen LogP contribution in [-0.4, -0.2) is 3.21 Å². The fraction of sp³-hybridized carbons (Fsp3) is 0.255. The summed E-state index contributed by atoms with van der Waals surface area (Å²) in [5.74, 6) is 1.08. The molecule has 58 heavy (non-hydrogen) atoms. The van der Waals surface area contributed by atoms with Crippen molar-refractivity contribution in [3.8, 4) is 33.4 Å². The summed E-state index contributed by atoms with van der Waals surface area (Å²) in [4.78, 5) is 0. The molecule has 0 aromatic heterocycles. The third-order valence-corrected chi connectivity index (χ3v) is 13.1. The van der Waals surface area contributed by atoms with Crippen molar-refractivity contribution in [3.63, 3.8) is 0 Å². The maximum absolute atomic E-state index is 3.88. The molecule has 8 rings (SSSR count). The molecule has 0 N–H and O–H groups in total. The van der Waals surface area contributed by atoms with Crippen molar-refractivity contribution in [3.05, 3.63) is 203 Å². The van der Waals surface area contributed by atoms with Gasteiger partial charge >= 0.3 is 125 Å². The molecule has 296 valence electrons. The molecule has 0 nitrogen and oxygen atoms in total. The Hall–Kier alpha value is -3.87. The molecule has 2 unspecified atom stereocenters. The van der Waals surface area contributed by atoms with Crippen LogP contribution >= 0.6 is 0 Å². The third-order valence-electron chi connectivity index (χ3n) is 10.9. The van der Waals surface area contributed by atoms with E-state index >= 15 is 0 Å². The number of benzene rings is 6. The number of rotatable bonds is 6. The van der Waals surface area contributed by atoms with Gasteiger partial charge in [0.15, 0.2) is 0 Å².